The van der Waals surface area contributed by atoms with Gasteiger partial charge in [0.1, 0.15) is 0 Å². The molecule has 0 fully saturated rings. The number of rotatable bonds is 6. The summed E-state index contributed by atoms with van der Waals surface area (Å²) in [5.74, 6) is -1.78. The first-order valence-electron chi connectivity index (χ1n) is 5.93. The van der Waals surface area contributed by atoms with Crippen molar-refractivity contribution in [2.24, 2.45) is 5.41 Å². The third kappa shape index (κ3) is 18.3. The second-order valence-corrected chi connectivity index (χ2v) is 3.81. The van der Waals surface area contributed by atoms with Crippen LogP contribution in [0, 0.1) is 5.41 Å². The summed E-state index contributed by atoms with van der Waals surface area (Å²) >= 11 is 0. The van der Waals surface area contributed by atoms with Gasteiger partial charge in [-0.3, -0.25) is 0 Å². The number of carboxylic acid groups (broad SMARTS) is 2. The zero-order chi connectivity index (χ0) is 17.3. The largest absolute Gasteiger partial charge is 0.478 e. The highest BCUT2D eigenvalue weighted by Gasteiger charge is 2.26. The molecule has 0 spiro atoms. The topological polar surface area (TPSA) is 156 Å². The van der Waals surface area contributed by atoms with Crippen LogP contribution in [0.2, 0.25) is 0 Å². The number of allylic oxidation sites excluding steroid dienone is 2. The van der Waals surface area contributed by atoms with Gasteiger partial charge in [-0.25, -0.2) is 9.59 Å². The van der Waals surface area contributed by atoms with Crippen molar-refractivity contribution < 1.29 is 40.2 Å². The summed E-state index contributed by atoms with van der Waals surface area (Å²) in [6, 6.07) is 0. The maximum atomic E-state index is 9.51. The molecule has 0 bridgehead atoms. The van der Waals surface area contributed by atoms with Gasteiger partial charge in [0, 0.05) is 12.2 Å². The minimum atomic E-state index is -1.11. The van der Waals surface area contributed by atoms with Crippen LogP contribution in [0.15, 0.2) is 24.3 Å². The number of hydrogen-bond donors (Lipinski definition) is 6. The lowest BCUT2D eigenvalue weighted by Gasteiger charge is -2.23. The molecule has 8 nitrogen and oxygen atoms in total. The smallest absolute Gasteiger partial charge is 0.327 e. The Morgan fingerprint density at radius 2 is 1.00 bits per heavy atom. The molecule has 124 valence electrons. The van der Waals surface area contributed by atoms with Gasteiger partial charge in [-0.2, -0.15) is 0 Å². The third-order valence-electron chi connectivity index (χ3n) is 1.96. The maximum absolute atomic E-state index is 9.51. The van der Waals surface area contributed by atoms with Crippen molar-refractivity contribution in [2.75, 3.05) is 26.4 Å². The summed E-state index contributed by atoms with van der Waals surface area (Å²) in [4.78, 5) is 19.0. The minimum absolute atomic E-state index is 0.406. The second kappa shape index (κ2) is 16.3. The molecule has 0 unspecified atom stereocenters. The van der Waals surface area contributed by atoms with E-state index >= 15 is 0 Å². The van der Waals surface area contributed by atoms with Gasteiger partial charge >= 0.3 is 11.9 Å². The number of hydrogen-bond acceptors (Lipinski definition) is 6. The van der Waals surface area contributed by atoms with Gasteiger partial charge in [0.05, 0.1) is 31.8 Å². The van der Waals surface area contributed by atoms with Crippen molar-refractivity contribution in [3.63, 3.8) is 0 Å². The molecule has 0 saturated heterocycles. The third-order valence-corrected chi connectivity index (χ3v) is 1.96. The Morgan fingerprint density at radius 3 is 1.00 bits per heavy atom. The normalized spacial score (nSPS) is 10.6. The Kier molecular flexibility index (Phi) is 18.9. The predicted molar refractivity (Wildman–Crippen MR) is 75.7 cm³/mol. The van der Waals surface area contributed by atoms with Crippen molar-refractivity contribution in [1.82, 2.24) is 0 Å². The van der Waals surface area contributed by atoms with Crippen LogP contribution < -0.4 is 0 Å². The van der Waals surface area contributed by atoms with E-state index in [9.17, 15) is 9.59 Å². The SMILES string of the molecule is C/C=C\C(=O)O.C/C=C\C(=O)O.OCC(CO)(CO)CO. The molecular weight excluding hydrogens is 284 g/mol. The molecule has 6 N–H and O–H groups in total. The van der Waals surface area contributed by atoms with Gasteiger partial charge in [0.25, 0.3) is 0 Å². The van der Waals surface area contributed by atoms with E-state index in [4.69, 9.17) is 30.6 Å². The molecule has 21 heavy (non-hydrogen) atoms. The van der Waals surface area contributed by atoms with Gasteiger partial charge in [-0.05, 0) is 13.8 Å². The van der Waals surface area contributed by atoms with Crippen molar-refractivity contribution in [2.45, 2.75) is 13.8 Å². The Labute approximate surface area is 123 Å². The Hall–Kier alpha value is -1.74. The van der Waals surface area contributed by atoms with Crippen LogP contribution in [0.4, 0.5) is 0 Å². The molecule has 0 rings (SSSR count). The quantitative estimate of drug-likeness (QED) is 0.350. The zero-order valence-electron chi connectivity index (χ0n) is 12.1. The fraction of sp³-hybridized carbons (Fsp3) is 0.538. The molecule has 0 aromatic carbocycles. The highest BCUT2D eigenvalue weighted by molar-refractivity contribution is 5.79. The maximum Gasteiger partial charge on any atom is 0.327 e. The Morgan fingerprint density at radius 1 is 0.762 bits per heavy atom. The van der Waals surface area contributed by atoms with Crippen molar-refractivity contribution >= 4 is 11.9 Å². The van der Waals surface area contributed by atoms with E-state index < -0.39 is 43.8 Å². The zero-order valence-corrected chi connectivity index (χ0v) is 12.1. The lowest BCUT2D eigenvalue weighted by Crippen LogP contribution is -2.37. The molecule has 0 saturated carbocycles. The number of carboxylic acids is 2. The van der Waals surface area contributed by atoms with Gasteiger partial charge < -0.3 is 30.6 Å². The molecule has 8 heteroatoms. The summed E-state index contributed by atoms with van der Waals surface area (Å²) in [6.45, 7) is 1.70. The van der Waals surface area contributed by atoms with Crippen LogP contribution in [0.25, 0.3) is 0 Å². The number of aliphatic hydroxyl groups excluding tert-OH is 4. The molecule has 0 radical (unpaired) electrons. The monoisotopic (exact) mass is 308 g/mol. The van der Waals surface area contributed by atoms with Gasteiger partial charge in [-0.1, -0.05) is 12.2 Å². The van der Waals surface area contributed by atoms with Crippen LogP contribution in [-0.2, 0) is 9.59 Å². The second-order valence-electron chi connectivity index (χ2n) is 3.81. The van der Waals surface area contributed by atoms with Crippen molar-refractivity contribution in [3.8, 4) is 0 Å². The molecule has 0 amide bonds. The first-order valence-corrected chi connectivity index (χ1v) is 5.93. The summed E-state index contributed by atoms with van der Waals surface area (Å²) in [5, 5.41) is 49.6. The first kappa shape index (κ1) is 24.3. The lowest BCUT2D eigenvalue weighted by atomic mass is 9.93. The first-order chi connectivity index (χ1) is 9.78. The average molecular weight is 308 g/mol. The molecule has 0 aliphatic rings. The molecule has 0 aromatic heterocycles. The number of aliphatic carboxylic acids is 2. The molecular formula is C13H24O8. The summed E-state index contributed by atoms with van der Waals surface area (Å²) in [5.41, 5.74) is -1.11. The van der Waals surface area contributed by atoms with E-state index in [-0.39, 0.29) is 0 Å². The van der Waals surface area contributed by atoms with E-state index in [0.717, 1.165) is 12.2 Å². The van der Waals surface area contributed by atoms with Crippen molar-refractivity contribution in [3.05, 3.63) is 24.3 Å². The van der Waals surface area contributed by atoms with E-state index in [1.54, 1.807) is 13.8 Å². The molecule has 0 atom stereocenters. The fourth-order valence-electron chi connectivity index (χ4n) is 0.585. The van der Waals surface area contributed by atoms with Gasteiger partial charge in [0.2, 0.25) is 0 Å². The van der Waals surface area contributed by atoms with Gasteiger partial charge in [-0.15, -0.1) is 0 Å². The minimum Gasteiger partial charge on any atom is -0.478 e. The van der Waals surface area contributed by atoms with Crippen molar-refractivity contribution in [1.29, 1.82) is 0 Å². The van der Waals surface area contributed by atoms with E-state index in [2.05, 4.69) is 0 Å². The summed E-state index contributed by atoms with van der Waals surface area (Å²) < 4.78 is 0. The fourth-order valence-corrected chi connectivity index (χ4v) is 0.585. The van der Waals surface area contributed by atoms with Crippen LogP contribution >= 0.6 is 0 Å². The Balaban J connectivity index is -0.000000240. The van der Waals surface area contributed by atoms with Crippen LogP contribution in [0.3, 0.4) is 0 Å². The standard InChI is InChI=1S/C5H12O4.2C4H6O2/c6-1-5(2-7,3-8)4-9;2*1-2-3-4(5)6/h6-9H,1-4H2;2*2-3H,1H3,(H,5,6)/b;2*3-2-. The lowest BCUT2D eigenvalue weighted by molar-refractivity contribution is -0.132. The predicted octanol–water partition coefficient (Wildman–Crippen LogP) is -0.764. The van der Waals surface area contributed by atoms with Crippen LogP contribution in [0.5, 0.6) is 0 Å². The number of carbonyl (C=O) groups is 2. The summed E-state index contributed by atoms with van der Waals surface area (Å²) in [7, 11) is 0. The van der Waals surface area contributed by atoms with E-state index in [1.807, 2.05) is 0 Å². The number of aliphatic hydroxyl groups is 4. The highest BCUT2D eigenvalue weighted by Crippen LogP contribution is 2.11. The molecule has 0 aliphatic carbocycles. The van der Waals surface area contributed by atoms with E-state index in [0.29, 0.717) is 0 Å². The van der Waals surface area contributed by atoms with Crippen LogP contribution in [0.1, 0.15) is 13.8 Å². The molecule has 0 aromatic rings. The summed E-state index contributed by atoms with van der Waals surface area (Å²) in [6.07, 6.45) is 5.12. The van der Waals surface area contributed by atoms with Gasteiger partial charge in [0.15, 0.2) is 0 Å². The molecule has 0 aliphatic heterocycles. The van der Waals surface area contributed by atoms with Crippen LogP contribution in [-0.4, -0.2) is 69.0 Å². The molecule has 0 heterocycles. The Bertz CT molecular complexity index is 279. The highest BCUT2D eigenvalue weighted by atomic mass is 16.4. The van der Waals surface area contributed by atoms with E-state index in [1.165, 1.54) is 12.2 Å². The average Bonchev–Trinajstić information content (AvgIpc) is 2.43.